The molecular formula is C25H26N4. The Labute approximate surface area is 171 Å². The number of aromatic nitrogens is 2. The average Bonchev–Trinajstić information content (AvgIpc) is 3.51. The summed E-state index contributed by atoms with van der Waals surface area (Å²) in [5, 5.41) is 8.97. The first kappa shape index (κ1) is 17.0. The molecule has 3 aliphatic rings. The standard InChI is InChI=1S/C25H26N4/c26-25(19-9-10-22-23(13-19)28-15-27-22)29-11-3-6-20-21-12-17(16-4-1-2-5-16)7-8-18(21)14-24(20)29/h4,7-10,12-13,15,20,24,26H,1-3,5-6,11,14H2,(H,27,28)/t20-,24+/m1/s1. The van der Waals surface area contributed by atoms with Gasteiger partial charge in [-0.1, -0.05) is 24.3 Å². The molecule has 2 aliphatic carbocycles. The summed E-state index contributed by atoms with van der Waals surface area (Å²) in [6.07, 6.45) is 11.3. The first-order valence-corrected chi connectivity index (χ1v) is 10.9. The Morgan fingerprint density at radius 1 is 1.14 bits per heavy atom. The van der Waals surface area contributed by atoms with Crippen molar-refractivity contribution in [3.63, 3.8) is 0 Å². The van der Waals surface area contributed by atoms with Gasteiger partial charge in [-0.05, 0) is 79.0 Å². The van der Waals surface area contributed by atoms with E-state index in [0.717, 1.165) is 36.0 Å². The van der Waals surface area contributed by atoms with Crippen LogP contribution in [0.1, 0.15) is 60.3 Å². The van der Waals surface area contributed by atoms with Crippen LogP contribution in [0.15, 0.2) is 48.8 Å². The van der Waals surface area contributed by atoms with Crippen molar-refractivity contribution in [1.82, 2.24) is 14.9 Å². The van der Waals surface area contributed by atoms with Gasteiger partial charge < -0.3 is 9.88 Å². The highest BCUT2D eigenvalue weighted by molar-refractivity contribution is 5.99. The second-order valence-corrected chi connectivity index (χ2v) is 8.73. The van der Waals surface area contributed by atoms with Gasteiger partial charge in [-0.3, -0.25) is 5.41 Å². The van der Waals surface area contributed by atoms with E-state index in [9.17, 15) is 0 Å². The summed E-state index contributed by atoms with van der Waals surface area (Å²) in [6, 6.07) is 13.7. The van der Waals surface area contributed by atoms with E-state index in [0.29, 0.717) is 17.8 Å². The van der Waals surface area contributed by atoms with Crippen LogP contribution >= 0.6 is 0 Å². The van der Waals surface area contributed by atoms with E-state index in [-0.39, 0.29) is 0 Å². The number of hydrogen-bond acceptors (Lipinski definition) is 2. The first-order chi connectivity index (χ1) is 14.3. The Morgan fingerprint density at radius 2 is 2.10 bits per heavy atom. The summed E-state index contributed by atoms with van der Waals surface area (Å²) in [5.74, 6) is 1.21. The SMILES string of the molecule is N=C(c1ccc2nc[nH]c2c1)N1CCC[C@@H]2c3cc(C4=CCCC4)ccc3C[C@@H]21. The molecule has 0 spiro atoms. The number of nitrogens with one attached hydrogen (secondary N) is 2. The van der Waals surface area contributed by atoms with Gasteiger partial charge >= 0.3 is 0 Å². The lowest BCUT2D eigenvalue weighted by Crippen LogP contribution is -2.46. The molecule has 146 valence electrons. The Hall–Kier alpha value is -2.88. The van der Waals surface area contributed by atoms with Gasteiger partial charge in [0.05, 0.1) is 17.4 Å². The molecule has 0 unspecified atom stereocenters. The van der Waals surface area contributed by atoms with Crippen molar-refractivity contribution in [3.8, 4) is 0 Å². The fourth-order valence-corrected chi connectivity index (χ4v) is 5.68. The van der Waals surface area contributed by atoms with Crippen LogP contribution in [0.25, 0.3) is 16.6 Å². The van der Waals surface area contributed by atoms with E-state index in [2.05, 4.69) is 45.2 Å². The van der Waals surface area contributed by atoms with E-state index in [4.69, 9.17) is 5.41 Å². The molecule has 2 heterocycles. The number of hydrogen-bond donors (Lipinski definition) is 2. The van der Waals surface area contributed by atoms with Crippen molar-refractivity contribution in [2.24, 2.45) is 0 Å². The van der Waals surface area contributed by atoms with Crippen molar-refractivity contribution in [3.05, 3.63) is 71.1 Å². The lowest BCUT2D eigenvalue weighted by Gasteiger charge is -2.39. The zero-order chi connectivity index (χ0) is 19.4. The monoisotopic (exact) mass is 382 g/mol. The van der Waals surface area contributed by atoms with E-state index < -0.39 is 0 Å². The van der Waals surface area contributed by atoms with Crippen LogP contribution in [-0.2, 0) is 6.42 Å². The highest BCUT2D eigenvalue weighted by atomic mass is 15.2. The van der Waals surface area contributed by atoms with Crippen molar-refractivity contribution in [2.45, 2.75) is 50.5 Å². The quantitative estimate of drug-likeness (QED) is 0.469. The maximum absolute atomic E-state index is 8.97. The topological polar surface area (TPSA) is 55.8 Å². The van der Waals surface area contributed by atoms with Crippen LogP contribution < -0.4 is 0 Å². The first-order valence-electron chi connectivity index (χ1n) is 10.9. The van der Waals surface area contributed by atoms with Gasteiger partial charge in [0.1, 0.15) is 5.84 Å². The number of piperidine rings is 1. The number of H-pyrrole nitrogens is 1. The van der Waals surface area contributed by atoms with E-state index >= 15 is 0 Å². The summed E-state index contributed by atoms with van der Waals surface area (Å²) in [4.78, 5) is 9.85. The lowest BCUT2D eigenvalue weighted by atomic mass is 9.87. The zero-order valence-electron chi connectivity index (χ0n) is 16.6. The number of fused-ring (bicyclic) bond motifs is 4. The number of imidazole rings is 1. The van der Waals surface area contributed by atoms with Gasteiger partial charge in [0.2, 0.25) is 0 Å². The average molecular weight is 383 g/mol. The second kappa shape index (κ2) is 6.58. The van der Waals surface area contributed by atoms with Gasteiger partial charge in [-0.15, -0.1) is 0 Å². The Kier molecular flexibility index (Phi) is 3.86. The maximum Gasteiger partial charge on any atom is 0.128 e. The smallest absolute Gasteiger partial charge is 0.128 e. The summed E-state index contributed by atoms with van der Waals surface area (Å²) in [7, 11) is 0. The minimum absolute atomic E-state index is 0.413. The minimum atomic E-state index is 0.413. The summed E-state index contributed by atoms with van der Waals surface area (Å²) in [5.41, 5.74) is 8.94. The van der Waals surface area contributed by atoms with Crippen LogP contribution in [0, 0.1) is 5.41 Å². The number of nitrogens with zero attached hydrogens (tertiary/aromatic N) is 2. The molecule has 0 radical (unpaired) electrons. The molecular weight excluding hydrogens is 356 g/mol. The molecule has 29 heavy (non-hydrogen) atoms. The molecule has 0 saturated carbocycles. The van der Waals surface area contributed by atoms with Crippen LogP contribution in [-0.4, -0.2) is 33.3 Å². The number of rotatable bonds is 2. The maximum atomic E-state index is 8.97. The van der Waals surface area contributed by atoms with Crippen molar-refractivity contribution in [2.75, 3.05) is 6.54 Å². The molecule has 1 aromatic heterocycles. The van der Waals surface area contributed by atoms with Gasteiger partial charge in [0.15, 0.2) is 0 Å². The zero-order valence-corrected chi connectivity index (χ0v) is 16.6. The van der Waals surface area contributed by atoms with Crippen LogP contribution in [0.3, 0.4) is 0 Å². The normalized spacial score (nSPS) is 23.2. The molecule has 2 atom stereocenters. The number of amidine groups is 1. The number of benzene rings is 2. The highest BCUT2D eigenvalue weighted by Crippen LogP contribution is 2.44. The summed E-state index contributed by atoms with van der Waals surface area (Å²) < 4.78 is 0. The van der Waals surface area contributed by atoms with Crippen LogP contribution in [0.4, 0.5) is 0 Å². The van der Waals surface area contributed by atoms with Crippen LogP contribution in [0.5, 0.6) is 0 Å². The lowest BCUT2D eigenvalue weighted by molar-refractivity contribution is 0.223. The third kappa shape index (κ3) is 2.73. The molecule has 4 heteroatoms. The fraction of sp³-hybridized carbons (Fsp3) is 0.360. The number of aromatic amines is 1. The van der Waals surface area contributed by atoms with E-state index in [1.165, 1.54) is 42.4 Å². The van der Waals surface area contributed by atoms with Gasteiger partial charge in [0, 0.05) is 24.1 Å². The largest absolute Gasteiger partial charge is 0.353 e. The second-order valence-electron chi connectivity index (χ2n) is 8.73. The molecule has 0 bridgehead atoms. The molecule has 1 saturated heterocycles. The fourth-order valence-electron chi connectivity index (χ4n) is 5.68. The molecule has 6 rings (SSSR count). The van der Waals surface area contributed by atoms with Crippen molar-refractivity contribution >= 4 is 22.4 Å². The molecule has 4 nitrogen and oxygen atoms in total. The Bertz CT molecular complexity index is 1140. The molecule has 1 fully saturated rings. The van der Waals surface area contributed by atoms with E-state index in [1.54, 1.807) is 11.9 Å². The van der Waals surface area contributed by atoms with Gasteiger partial charge in [0.25, 0.3) is 0 Å². The van der Waals surface area contributed by atoms with Gasteiger partial charge in [-0.25, -0.2) is 4.98 Å². The molecule has 2 aromatic carbocycles. The van der Waals surface area contributed by atoms with Crippen LogP contribution in [0.2, 0.25) is 0 Å². The summed E-state index contributed by atoms with van der Waals surface area (Å²) >= 11 is 0. The van der Waals surface area contributed by atoms with Crippen molar-refractivity contribution in [1.29, 1.82) is 5.41 Å². The molecule has 3 aromatic rings. The predicted molar refractivity (Wildman–Crippen MR) is 117 cm³/mol. The minimum Gasteiger partial charge on any atom is -0.353 e. The predicted octanol–water partition coefficient (Wildman–Crippen LogP) is 5.26. The van der Waals surface area contributed by atoms with Crippen molar-refractivity contribution < 1.29 is 0 Å². The Morgan fingerprint density at radius 3 is 3.00 bits per heavy atom. The summed E-state index contributed by atoms with van der Waals surface area (Å²) in [6.45, 7) is 0.979. The number of likely N-dealkylation sites (tertiary alicyclic amines) is 1. The third-order valence-electron chi connectivity index (χ3n) is 7.15. The molecule has 0 amide bonds. The van der Waals surface area contributed by atoms with Gasteiger partial charge in [-0.2, -0.15) is 0 Å². The highest BCUT2D eigenvalue weighted by Gasteiger charge is 2.40. The molecule has 1 aliphatic heterocycles. The van der Waals surface area contributed by atoms with E-state index in [1.807, 2.05) is 12.1 Å². The Balaban J connectivity index is 1.31. The number of allylic oxidation sites excluding steroid dienone is 2. The third-order valence-corrected chi connectivity index (χ3v) is 7.15. The molecule has 2 N–H and O–H groups in total.